The number of thiophene rings is 1. The summed E-state index contributed by atoms with van der Waals surface area (Å²) in [6.45, 7) is 10.6. The van der Waals surface area contributed by atoms with Crippen LogP contribution in [0.5, 0.6) is 0 Å². The van der Waals surface area contributed by atoms with Gasteiger partial charge in [0.15, 0.2) is 0 Å². The van der Waals surface area contributed by atoms with Crippen LogP contribution in [0.15, 0.2) is 108 Å². The zero-order valence-electron chi connectivity index (χ0n) is 54.0. The Kier molecular flexibility index (Phi) is 30.7. The molecule has 22 nitrogen and oxygen atoms in total. The number of hydrogen-bond donors (Lipinski definition) is 8. The number of nitrogens with zero attached hydrogens (tertiary/aromatic N) is 2. The molecule has 2 saturated heterocycles. The second-order valence-corrected chi connectivity index (χ2v) is 27.2. The summed E-state index contributed by atoms with van der Waals surface area (Å²) < 4.78 is 23.2. The van der Waals surface area contributed by atoms with Crippen LogP contribution in [0, 0.1) is 5.92 Å². The highest BCUT2D eigenvalue weighted by Crippen LogP contribution is 2.33. The molecular formula is C68H92N10O12S3. The monoisotopic (exact) mass is 1340 g/mol. The summed E-state index contributed by atoms with van der Waals surface area (Å²) in [4.78, 5) is 113. The molecule has 504 valence electrons. The number of rotatable bonds is 40. The molecule has 2 fully saturated rings. The third-order valence-electron chi connectivity index (χ3n) is 15.9. The van der Waals surface area contributed by atoms with Crippen LogP contribution in [-0.2, 0) is 59.3 Å². The average molecular weight is 1340 g/mol. The number of hydrogen-bond acceptors (Lipinski definition) is 16. The third kappa shape index (κ3) is 25.7. The fourth-order valence-electron chi connectivity index (χ4n) is 10.8. The quantitative estimate of drug-likeness (QED) is 0.0104. The van der Waals surface area contributed by atoms with Crippen LogP contribution < -0.4 is 42.5 Å². The van der Waals surface area contributed by atoms with Gasteiger partial charge >= 0.3 is 24.1 Å². The number of alkyl carbamates (subject to hydrolysis) is 1. The van der Waals surface area contributed by atoms with Gasteiger partial charge in [0.05, 0.1) is 54.9 Å². The molecule has 4 heterocycles. The summed E-state index contributed by atoms with van der Waals surface area (Å²) in [5, 5.41) is 26.2. The lowest BCUT2D eigenvalue weighted by atomic mass is 9.92. The lowest BCUT2D eigenvalue weighted by molar-refractivity contribution is -0.151. The number of thiazole rings is 1. The van der Waals surface area contributed by atoms with Gasteiger partial charge < -0.3 is 66.4 Å². The Balaban J connectivity index is 0.849. The number of unbranched alkanes of at least 4 members (excludes halogenated alkanes) is 3. The molecule has 0 aliphatic carbocycles. The maximum absolute atomic E-state index is 14.5. The summed E-state index contributed by atoms with van der Waals surface area (Å²) in [5.74, 6) is -0.582. The van der Waals surface area contributed by atoms with E-state index in [1.807, 2.05) is 91.7 Å². The predicted octanol–water partition coefficient (Wildman–Crippen LogP) is 8.66. The fourth-order valence-corrected chi connectivity index (χ4v) is 13.8. The predicted molar refractivity (Wildman–Crippen MR) is 361 cm³/mol. The number of nitrogens with one attached hydrogen (secondary N) is 8. The van der Waals surface area contributed by atoms with Gasteiger partial charge in [-0.3, -0.25) is 29.0 Å². The molecule has 3 aromatic carbocycles. The van der Waals surface area contributed by atoms with E-state index >= 15 is 0 Å². The molecule has 93 heavy (non-hydrogen) atoms. The van der Waals surface area contributed by atoms with Crippen molar-refractivity contribution in [1.82, 2.24) is 52.4 Å². The van der Waals surface area contributed by atoms with Crippen LogP contribution in [-0.4, -0.2) is 158 Å². The summed E-state index contributed by atoms with van der Waals surface area (Å²) in [7, 11) is 1.70. The molecule has 2 aromatic heterocycles. The first kappa shape index (κ1) is 72.8. The molecule has 0 spiro atoms. The molecule has 0 radical (unpaired) electrons. The van der Waals surface area contributed by atoms with E-state index in [2.05, 4.69) is 67.4 Å². The van der Waals surface area contributed by atoms with Crippen molar-refractivity contribution in [3.8, 4) is 0 Å². The van der Waals surface area contributed by atoms with Gasteiger partial charge in [-0.15, -0.1) is 22.7 Å². The van der Waals surface area contributed by atoms with E-state index in [1.165, 1.54) is 16.2 Å². The first-order valence-corrected chi connectivity index (χ1v) is 35.0. The van der Waals surface area contributed by atoms with Crippen molar-refractivity contribution in [3.63, 3.8) is 0 Å². The number of ether oxygens (including phenoxy) is 4. The van der Waals surface area contributed by atoms with Crippen molar-refractivity contribution in [3.05, 3.63) is 146 Å². The second kappa shape index (κ2) is 39.2. The van der Waals surface area contributed by atoms with Gasteiger partial charge in [0.25, 0.3) is 11.8 Å². The van der Waals surface area contributed by atoms with Gasteiger partial charge in [0.2, 0.25) is 11.8 Å². The number of thioether (sulfide) groups is 1. The van der Waals surface area contributed by atoms with Crippen molar-refractivity contribution in [2.45, 2.75) is 159 Å². The number of aromatic nitrogens is 1. The zero-order chi connectivity index (χ0) is 66.3. The van der Waals surface area contributed by atoms with Crippen molar-refractivity contribution in [2.75, 3.05) is 58.9 Å². The Labute approximate surface area is 558 Å². The Hall–Kier alpha value is -7.58. The minimum absolute atomic E-state index is 0.0139. The van der Waals surface area contributed by atoms with Crippen LogP contribution in [0.3, 0.4) is 0 Å². The highest BCUT2D eigenvalue weighted by molar-refractivity contribution is 8.00. The van der Waals surface area contributed by atoms with Gasteiger partial charge in [-0.25, -0.2) is 14.4 Å². The van der Waals surface area contributed by atoms with Gasteiger partial charge in [0, 0.05) is 91.7 Å². The summed E-state index contributed by atoms with van der Waals surface area (Å²) >= 11 is 4.87. The SMILES string of the molecule is CC(C)c1cc(CN(C)C(=O)N[C@H](C(=O)N[C@@H](Cc2ccccc2)C[C@H](OC(=O)CCCCCNC(=O)c2ccc(C(=O)NCCOCCOCCNC(=O)CCCC[C@@H]3SC[C@@H]4NC(=O)N[C@@H]43)cc2)[C@H](Cc2ccccc2)NC(=O)OCc2cncs2)C(C)C)cs1. The zero-order valence-corrected chi connectivity index (χ0v) is 56.4. The van der Waals surface area contributed by atoms with E-state index < -0.39 is 48.2 Å². The number of esters is 1. The number of benzene rings is 3. The Morgan fingerprint density at radius 3 is 2.00 bits per heavy atom. The molecule has 7 rings (SSSR count). The number of amides is 9. The lowest BCUT2D eigenvalue weighted by Crippen LogP contribution is -2.56. The van der Waals surface area contributed by atoms with Crippen molar-refractivity contribution < 1.29 is 57.3 Å². The maximum atomic E-state index is 14.5. The smallest absolute Gasteiger partial charge is 0.407 e. The van der Waals surface area contributed by atoms with Crippen LogP contribution in [0.25, 0.3) is 0 Å². The molecule has 0 saturated carbocycles. The van der Waals surface area contributed by atoms with Crippen LogP contribution in [0.1, 0.15) is 139 Å². The molecule has 9 amide bonds. The molecular weight excluding hydrogens is 1250 g/mol. The number of carbonyl (C=O) groups is 8. The molecule has 0 unspecified atom stereocenters. The highest BCUT2D eigenvalue weighted by Gasteiger charge is 2.42. The minimum Gasteiger partial charge on any atom is -0.460 e. The molecule has 25 heteroatoms. The third-order valence-corrected chi connectivity index (χ3v) is 19.4. The summed E-state index contributed by atoms with van der Waals surface area (Å²) in [6, 6.07) is 25.0. The van der Waals surface area contributed by atoms with Gasteiger partial charge in [-0.2, -0.15) is 11.8 Å². The van der Waals surface area contributed by atoms with Crippen molar-refractivity contribution in [2.24, 2.45) is 5.92 Å². The van der Waals surface area contributed by atoms with E-state index in [-0.39, 0.29) is 80.8 Å². The molecule has 8 N–H and O–H groups in total. The van der Waals surface area contributed by atoms with Crippen LogP contribution in [0.4, 0.5) is 14.4 Å². The Bertz CT molecular complexity index is 3120. The van der Waals surface area contributed by atoms with E-state index in [9.17, 15) is 38.4 Å². The lowest BCUT2D eigenvalue weighted by Gasteiger charge is -2.32. The first-order chi connectivity index (χ1) is 45.0. The fraction of sp³-hybridized carbons (Fsp3) is 0.515. The molecule has 2 aliphatic heterocycles. The molecule has 5 aromatic rings. The van der Waals surface area contributed by atoms with E-state index in [0.717, 1.165) is 46.6 Å². The van der Waals surface area contributed by atoms with E-state index in [1.54, 1.807) is 59.3 Å². The van der Waals surface area contributed by atoms with Gasteiger partial charge in [0.1, 0.15) is 18.8 Å². The normalized spacial score (nSPS) is 16.2. The maximum Gasteiger partial charge on any atom is 0.407 e. The average Bonchev–Trinajstić information content (AvgIpc) is 1.83. The topological polar surface area (TPSA) is 286 Å². The first-order valence-electron chi connectivity index (χ1n) is 32.2. The van der Waals surface area contributed by atoms with E-state index in [0.29, 0.717) is 93.9 Å². The molecule has 0 bridgehead atoms. The second-order valence-electron chi connectivity index (χ2n) is 24.0. The van der Waals surface area contributed by atoms with Crippen LogP contribution >= 0.6 is 34.4 Å². The summed E-state index contributed by atoms with van der Waals surface area (Å²) in [5.41, 5.74) is 5.18. The van der Waals surface area contributed by atoms with Gasteiger partial charge in [-0.1, -0.05) is 101 Å². The van der Waals surface area contributed by atoms with Crippen LogP contribution in [0.2, 0.25) is 0 Å². The van der Waals surface area contributed by atoms with E-state index in [4.69, 9.17) is 18.9 Å². The summed E-state index contributed by atoms with van der Waals surface area (Å²) in [6.07, 6.45) is 5.31. The standard InChI is InChI=1S/C68H92N10O12S3/c1-45(2)58-37-49(42-91-58)40-78(5)67(85)77-61(46(3)4)65(83)73-52(35-47-17-9-6-10-18-47)38-56(54(36-48-19-11-7-12-20-48)75-68(86)89-41-53-39-69-44-93-53)90-60(80)23-13-8-16-28-71-63(81)50-24-26-51(27-25-50)64(82)72-30-32-88-34-33-87-31-29-70-59(79)22-15-14-21-57-62-55(43-92-57)74-66(84)76-62/h6-7,9-12,17-20,24-27,37,39,42,44-46,52,54-57,61-62H,8,13-16,21-23,28-36,38,40-41,43H2,1-5H3,(H,70,79)(H,71,81)(H,72,82)(H,73,83)(H,75,86)(H,77,85)(H2,74,76,84)/t52-,54-,55-,56-,57-,61-,62-/m0/s1. The Morgan fingerprint density at radius 1 is 0.699 bits per heavy atom. The molecule has 2 aliphatic rings. The minimum atomic E-state index is -0.982. The van der Waals surface area contributed by atoms with Crippen molar-refractivity contribution in [1.29, 1.82) is 0 Å². The van der Waals surface area contributed by atoms with Crippen molar-refractivity contribution >= 4 is 82.2 Å². The number of fused-ring (bicyclic) bond motifs is 1. The van der Waals surface area contributed by atoms with Gasteiger partial charge in [-0.05, 0) is 103 Å². The number of carbonyl (C=O) groups excluding carboxylic acids is 8. The largest absolute Gasteiger partial charge is 0.460 e. The Morgan fingerprint density at radius 2 is 1.35 bits per heavy atom. The highest BCUT2D eigenvalue weighted by atomic mass is 32.2. The molecule has 7 atom stereocenters. The number of urea groups is 2.